The molecule has 0 unspecified atom stereocenters. The Morgan fingerprint density at radius 3 is 2.31 bits per heavy atom. The quantitative estimate of drug-likeness (QED) is 0.194. The van der Waals surface area contributed by atoms with Crippen molar-refractivity contribution in [2.24, 2.45) is 0 Å². The summed E-state index contributed by atoms with van der Waals surface area (Å²) >= 11 is 18.7. The molecule has 0 radical (unpaired) electrons. The summed E-state index contributed by atoms with van der Waals surface area (Å²) in [6, 6.07) is 17.2. The van der Waals surface area contributed by atoms with Crippen molar-refractivity contribution in [3.05, 3.63) is 81.2 Å². The number of thioether (sulfide) groups is 1. The number of halogens is 2. The fourth-order valence-electron chi connectivity index (χ4n) is 3.67. The van der Waals surface area contributed by atoms with Gasteiger partial charge in [-0.15, -0.1) is 0 Å². The number of carbonyl (C=O) groups is 2. The number of anilines is 2. The molecule has 0 aliphatic carbocycles. The third kappa shape index (κ3) is 7.45. The molecule has 39 heavy (non-hydrogen) atoms. The summed E-state index contributed by atoms with van der Waals surface area (Å²) in [6.07, 6.45) is 1.75. The Morgan fingerprint density at radius 1 is 0.949 bits per heavy atom. The maximum atomic E-state index is 13.2. The lowest BCUT2D eigenvalue weighted by Crippen LogP contribution is -2.27. The van der Waals surface area contributed by atoms with Gasteiger partial charge >= 0.3 is 0 Å². The lowest BCUT2D eigenvalue weighted by atomic mass is 10.1. The van der Waals surface area contributed by atoms with Crippen LogP contribution in [0, 0.1) is 0 Å². The summed E-state index contributed by atoms with van der Waals surface area (Å²) in [4.78, 5) is 27.6. The van der Waals surface area contributed by atoms with Crippen LogP contribution >= 0.6 is 47.2 Å². The van der Waals surface area contributed by atoms with Crippen LogP contribution in [0.15, 0.2) is 65.6 Å². The third-order valence-electron chi connectivity index (χ3n) is 5.27. The first kappa shape index (κ1) is 28.8. The number of nitrogens with zero attached hydrogens (tertiary/aromatic N) is 1. The SMILES string of the molecule is CCOc1ccc(N2C(=O)/C(=C/c3ccc(OCC(=O)Nc4cc(Cl)cc(Cl)c4)c(OCC)c3)SC2=S)cc1. The molecule has 0 aromatic heterocycles. The largest absolute Gasteiger partial charge is 0.494 e. The van der Waals surface area contributed by atoms with E-state index in [1.807, 2.05) is 13.8 Å². The van der Waals surface area contributed by atoms with Crippen LogP contribution in [0.25, 0.3) is 6.08 Å². The number of hydrogen-bond donors (Lipinski definition) is 1. The van der Waals surface area contributed by atoms with Gasteiger partial charge < -0.3 is 19.5 Å². The lowest BCUT2D eigenvalue weighted by molar-refractivity contribution is -0.118. The lowest BCUT2D eigenvalue weighted by Gasteiger charge is -2.15. The molecule has 1 heterocycles. The van der Waals surface area contributed by atoms with Crippen molar-refractivity contribution in [1.29, 1.82) is 0 Å². The van der Waals surface area contributed by atoms with E-state index in [1.54, 1.807) is 66.7 Å². The molecular weight excluding hydrogens is 579 g/mol. The van der Waals surface area contributed by atoms with Gasteiger partial charge in [0.1, 0.15) is 5.75 Å². The van der Waals surface area contributed by atoms with Crippen LogP contribution in [0.5, 0.6) is 17.2 Å². The van der Waals surface area contributed by atoms with Crippen LogP contribution in [0.4, 0.5) is 11.4 Å². The summed E-state index contributed by atoms with van der Waals surface area (Å²) in [5.74, 6) is 0.935. The monoisotopic (exact) mass is 602 g/mol. The van der Waals surface area contributed by atoms with Gasteiger partial charge in [0.15, 0.2) is 22.4 Å². The molecule has 1 saturated heterocycles. The first-order chi connectivity index (χ1) is 18.8. The molecule has 202 valence electrons. The Morgan fingerprint density at radius 2 is 1.64 bits per heavy atom. The standard InChI is InChI=1S/C28H24Cl2N2O5S2/c1-3-35-22-8-6-21(7-9-22)32-27(34)25(39-28(32)38)12-17-5-10-23(24(11-17)36-4-2)37-16-26(33)31-20-14-18(29)13-19(30)15-20/h5-15H,3-4,16H2,1-2H3,(H,31,33)/b25-12-. The molecule has 0 saturated carbocycles. The van der Waals surface area contributed by atoms with E-state index < -0.39 is 5.91 Å². The van der Waals surface area contributed by atoms with Crippen molar-refractivity contribution in [2.75, 3.05) is 30.0 Å². The molecule has 1 N–H and O–H groups in total. The van der Waals surface area contributed by atoms with Gasteiger partial charge in [0, 0.05) is 15.7 Å². The van der Waals surface area contributed by atoms with Crippen molar-refractivity contribution < 1.29 is 23.8 Å². The molecule has 3 aromatic carbocycles. The number of rotatable bonds is 10. The molecule has 1 fully saturated rings. The summed E-state index contributed by atoms with van der Waals surface area (Å²) in [6.45, 7) is 4.43. The molecule has 2 amide bonds. The minimum absolute atomic E-state index is 0.217. The number of amides is 2. The highest BCUT2D eigenvalue weighted by Crippen LogP contribution is 2.38. The van der Waals surface area contributed by atoms with Gasteiger partial charge in [0.25, 0.3) is 11.8 Å². The second-order valence-corrected chi connectivity index (χ2v) is 10.6. The molecule has 4 rings (SSSR count). The van der Waals surface area contributed by atoms with Gasteiger partial charge in [-0.25, -0.2) is 0 Å². The van der Waals surface area contributed by atoms with Gasteiger partial charge in [-0.05, 0) is 80.1 Å². The van der Waals surface area contributed by atoms with E-state index in [9.17, 15) is 9.59 Å². The zero-order valence-corrected chi connectivity index (χ0v) is 24.2. The van der Waals surface area contributed by atoms with Gasteiger partial charge in [-0.2, -0.15) is 0 Å². The minimum atomic E-state index is -0.391. The molecule has 7 nitrogen and oxygen atoms in total. The predicted octanol–water partition coefficient (Wildman–Crippen LogP) is 7.21. The maximum Gasteiger partial charge on any atom is 0.270 e. The van der Waals surface area contributed by atoms with Crippen molar-refractivity contribution in [3.8, 4) is 17.2 Å². The maximum absolute atomic E-state index is 13.2. The van der Waals surface area contributed by atoms with Crippen molar-refractivity contribution in [3.63, 3.8) is 0 Å². The Bertz CT molecular complexity index is 1410. The molecule has 1 aliphatic rings. The average Bonchev–Trinajstić information content (AvgIpc) is 3.16. The van der Waals surface area contributed by atoms with E-state index in [0.29, 0.717) is 55.4 Å². The molecular formula is C28H24Cl2N2O5S2. The van der Waals surface area contributed by atoms with Crippen molar-refractivity contribution in [1.82, 2.24) is 0 Å². The summed E-state index contributed by atoms with van der Waals surface area (Å²) in [5.41, 5.74) is 1.85. The normalized spacial score (nSPS) is 14.1. The van der Waals surface area contributed by atoms with Gasteiger partial charge in [-0.3, -0.25) is 14.5 Å². The summed E-state index contributed by atoms with van der Waals surface area (Å²) < 4.78 is 17.4. The van der Waals surface area contributed by atoms with E-state index >= 15 is 0 Å². The highest BCUT2D eigenvalue weighted by atomic mass is 35.5. The second kappa shape index (κ2) is 13.2. The third-order valence-corrected chi connectivity index (χ3v) is 7.01. The molecule has 0 bridgehead atoms. The Hall–Kier alpha value is -3.24. The fraction of sp³-hybridized carbons (Fsp3) is 0.179. The number of ether oxygens (including phenoxy) is 3. The smallest absolute Gasteiger partial charge is 0.270 e. The fourth-order valence-corrected chi connectivity index (χ4v) is 5.49. The zero-order chi connectivity index (χ0) is 27.9. The Balaban J connectivity index is 1.46. The molecule has 0 spiro atoms. The number of thiocarbonyl (C=S) groups is 1. The second-order valence-electron chi connectivity index (χ2n) is 8.08. The van der Waals surface area contributed by atoms with E-state index in [4.69, 9.17) is 49.6 Å². The van der Waals surface area contributed by atoms with E-state index in [1.165, 1.54) is 16.7 Å². The number of carbonyl (C=O) groups excluding carboxylic acids is 2. The van der Waals surface area contributed by atoms with E-state index in [0.717, 1.165) is 11.3 Å². The van der Waals surface area contributed by atoms with Crippen LogP contribution in [0.2, 0.25) is 10.0 Å². The van der Waals surface area contributed by atoms with E-state index in [-0.39, 0.29) is 12.5 Å². The van der Waals surface area contributed by atoms with Crippen LogP contribution in [0.1, 0.15) is 19.4 Å². The van der Waals surface area contributed by atoms with Gasteiger partial charge in [0.2, 0.25) is 0 Å². The summed E-state index contributed by atoms with van der Waals surface area (Å²) in [7, 11) is 0. The Kier molecular flexibility index (Phi) is 9.74. The summed E-state index contributed by atoms with van der Waals surface area (Å²) in [5, 5.41) is 3.51. The van der Waals surface area contributed by atoms with Crippen LogP contribution in [-0.2, 0) is 9.59 Å². The van der Waals surface area contributed by atoms with Crippen molar-refractivity contribution >= 4 is 80.8 Å². The zero-order valence-electron chi connectivity index (χ0n) is 21.0. The first-order valence-electron chi connectivity index (χ1n) is 11.9. The average molecular weight is 604 g/mol. The number of nitrogens with one attached hydrogen (secondary N) is 1. The van der Waals surface area contributed by atoms with Crippen LogP contribution < -0.4 is 24.4 Å². The van der Waals surface area contributed by atoms with E-state index in [2.05, 4.69) is 5.32 Å². The van der Waals surface area contributed by atoms with Crippen molar-refractivity contribution in [2.45, 2.75) is 13.8 Å². The molecule has 0 atom stereocenters. The van der Waals surface area contributed by atoms with Gasteiger partial charge in [-0.1, -0.05) is 53.2 Å². The number of benzene rings is 3. The topological polar surface area (TPSA) is 77.1 Å². The molecule has 3 aromatic rings. The minimum Gasteiger partial charge on any atom is -0.494 e. The van der Waals surface area contributed by atoms with Gasteiger partial charge in [0.05, 0.1) is 23.8 Å². The van der Waals surface area contributed by atoms with Crippen LogP contribution in [0.3, 0.4) is 0 Å². The molecule has 11 heteroatoms. The predicted molar refractivity (Wildman–Crippen MR) is 161 cm³/mol. The number of hydrogen-bond acceptors (Lipinski definition) is 7. The first-order valence-corrected chi connectivity index (χ1v) is 13.9. The molecule has 1 aliphatic heterocycles. The van der Waals surface area contributed by atoms with Crippen LogP contribution in [-0.4, -0.2) is 36.0 Å². The highest BCUT2D eigenvalue weighted by molar-refractivity contribution is 8.27. The Labute approximate surface area is 246 Å². The highest BCUT2D eigenvalue weighted by Gasteiger charge is 2.33.